The number of carboxylic acid groups (broad SMARTS) is 1. The van der Waals surface area contributed by atoms with E-state index in [2.05, 4.69) is 0 Å². The normalized spacial score (nSPS) is 11.5. The number of nitrogens with zero attached hydrogens (tertiary/aromatic N) is 1. The van der Waals surface area contributed by atoms with E-state index in [1.54, 1.807) is 0 Å². The Morgan fingerprint density at radius 2 is 1.58 bits per heavy atom. The first kappa shape index (κ1) is 17.5. The maximum Gasteiger partial charge on any atom is 0.307 e. The number of rotatable bonds is 8. The van der Waals surface area contributed by atoms with Crippen LogP contribution in [0.5, 0.6) is 0 Å². The van der Waals surface area contributed by atoms with Crippen LogP contribution in [0.3, 0.4) is 0 Å². The highest BCUT2D eigenvalue weighted by atomic mass is 16.5. The van der Waals surface area contributed by atoms with Gasteiger partial charge in [0.1, 0.15) is 0 Å². The third-order valence-electron chi connectivity index (χ3n) is 3.76. The molecule has 0 aliphatic carbocycles. The van der Waals surface area contributed by atoms with Crippen molar-refractivity contribution in [3.05, 3.63) is 66.2 Å². The standard InChI is InChI=1S/C19H21NO4/c1-24-19(23)13-17(12-18(21)22)20(16-10-6-3-7-11-16)14-15-8-4-2-5-9-15/h2-11,17H,12-14H2,1H3,(H,21,22)/t17-/m0/s1. The lowest BCUT2D eigenvalue weighted by atomic mass is 10.1. The van der Waals surface area contributed by atoms with E-state index in [9.17, 15) is 14.7 Å². The molecular formula is C19H21NO4. The summed E-state index contributed by atoms with van der Waals surface area (Å²) in [6.07, 6.45) is -0.124. The molecule has 2 aromatic carbocycles. The number of aliphatic carboxylic acids is 1. The summed E-state index contributed by atoms with van der Waals surface area (Å²) in [7, 11) is 1.31. The zero-order valence-corrected chi connectivity index (χ0v) is 13.6. The Balaban J connectivity index is 2.33. The zero-order chi connectivity index (χ0) is 17.4. The summed E-state index contributed by atoms with van der Waals surface area (Å²) in [6.45, 7) is 0.514. The molecule has 0 saturated heterocycles. The van der Waals surface area contributed by atoms with Crippen molar-refractivity contribution in [2.45, 2.75) is 25.4 Å². The highest BCUT2D eigenvalue weighted by Crippen LogP contribution is 2.23. The van der Waals surface area contributed by atoms with Crippen molar-refractivity contribution in [2.24, 2.45) is 0 Å². The Morgan fingerprint density at radius 1 is 1.00 bits per heavy atom. The SMILES string of the molecule is COC(=O)C[C@H](CC(=O)O)N(Cc1ccccc1)c1ccccc1. The Kier molecular flexibility index (Phi) is 6.37. The lowest BCUT2D eigenvalue weighted by Gasteiger charge is -2.32. The third-order valence-corrected chi connectivity index (χ3v) is 3.76. The molecule has 1 N–H and O–H groups in total. The van der Waals surface area contributed by atoms with E-state index >= 15 is 0 Å². The molecule has 0 aliphatic rings. The van der Waals surface area contributed by atoms with Crippen LogP contribution in [0, 0.1) is 0 Å². The number of hydrogen-bond donors (Lipinski definition) is 1. The second-order valence-corrected chi connectivity index (χ2v) is 5.48. The summed E-state index contributed by atoms with van der Waals surface area (Å²) in [4.78, 5) is 25.0. The molecule has 0 radical (unpaired) electrons. The molecule has 0 unspecified atom stereocenters. The van der Waals surface area contributed by atoms with Gasteiger partial charge in [0.2, 0.25) is 0 Å². The number of para-hydroxylation sites is 1. The fourth-order valence-corrected chi connectivity index (χ4v) is 2.60. The van der Waals surface area contributed by atoms with Gasteiger partial charge in [-0.25, -0.2) is 0 Å². The Bertz CT molecular complexity index is 658. The van der Waals surface area contributed by atoms with Crippen LogP contribution in [0.25, 0.3) is 0 Å². The second kappa shape index (κ2) is 8.72. The van der Waals surface area contributed by atoms with Gasteiger partial charge in [-0.2, -0.15) is 0 Å². The van der Waals surface area contributed by atoms with Crippen LogP contribution in [0.15, 0.2) is 60.7 Å². The number of carbonyl (C=O) groups is 2. The van der Waals surface area contributed by atoms with E-state index in [0.29, 0.717) is 6.54 Å². The first-order chi connectivity index (χ1) is 11.6. The van der Waals surface area contributed by atoms with E-state index in [-0.39, 0.29) is 12.8 Å². The van der Waals surface area contributed by atoms with Gasteiger partial charge >= 0.3 is 11.9 Å². The first-order valence-electron chi connectivity index (χ1n) is 7.74. The van der Waals surface area contributed by atoms with Gasteiger partial charge in [0.15, 0.2) is 0 Å². The maximum atomic E-state index is 11.8. The molecule has 0 heterocycles. The quantitative estimate of drug-likeness (QED) is 0.755. The van der Waals surface area contributed by atoms with Crippen molar-refractivity contribution in [2.75, 3.05) is 12.0 Å². The predicted molar refractivity (Wildman–Crippen MR) is 91.7 cm³/mol. The summed E-state index contributed by atoms with van der Waals surface area (Å²) >= 11 is 0. The van der Waals surface area contributed by atoms with Crippen LogP contribution in [0.1, 0.15) is 18.4 Å². The molecule has 0 aliphatic heterocycles. The van der Waals surface area contributed by atoms with E-state index in [0.717, 1.165) is 11.3 Å². The van der Waals surface area contributed by atoms with Crippen molar-refractivity contribution >= 4 is 17.6 Å². The van der Waals surface area contributed by atoms with Crippen molar-refractivity contribution in [1.82, 2.24) is 0 Å². The van der Waals surface area contributed by atoms with Gasteiger partial charge in [0, 0.05) is 12.2 Å². The van der Waals surface area contributed by atoms with Gasteiger partial charge in [0.25, 0.3) is 0 Å². The van der Waals surface area contributed by atoms with E-state index in [1.165, 1.54) is 7.11 Å². The number of methoxy groups -OCH3 is 1. The Morgan fingerprint density at radius 3 is 2.12 bits per heavy atom. The summed E-state index contributed by atoms with van der Waals surface area (Å²) in [5.41, 5.74) is 1.91. The zero-order valence-electron chi connectivity index (χ0n) is 13.6. The molecule has 2 aromatic rings. The molecule has 0 spiro atoms. The topological polar surface area (TPSA) is 66.8 Å². The van der Waals surface area contributed by atoms with Gasteiger partial charge in [-0.1, -0.05) is 48.5 Å². The largest absolute Gasteiger partial charge is 0.481 e. The van der Waals surface area contributed by atoms with Gasteiger partial charge in [-0.05, 0) is 17.7 Å². The van der Waals surface area contributed by atoms with Crippen LogP contribution < -0.4 is 4.90 Å². The van der Waals surface area contributed by atoms with Crippen LogP contribution in [0.4, 0.5) is 5.69 Å². The number of anilines is 1. The van der Waals surface area contributed by atoms with E-state index in [1.807, 2.05) is 65.6 Å². The predicted octanol–water partition coefficient (Wildman–Crippen LogP) is 3.10. The Hall–Kier alpha value is -2.82. The molecule has 0 amide bonds. The minimum atomic E-state index is -0.946. The number of carboxylic acids is 1. The van der Waals surface area contributed by atoms with Crippen molar-refractivity contribution in [1.29, 1.82) is 0 Å². The van der Waals surface area contributed by atoms with Crippen LogP contribution in [0.2, 0.25) is 0 Å². The summed E-state index contributed by atoms with van der Waals surface area (Å²) in [5, 5.41) is 9.25. The minimum Gasteiger partial charge on any atom is -0.481 e. The monoisotopic (exact) mass is 327 g/mol. The van der Waals surface area contributed by atoms with E-state index < -0.39 is 18.0 Å². The molecule has 0 saturated carbocycles. The molecular weight excluding hydrogens is 306 g/mol. The summed E-state index contributed by atoms with van der Waals surface area (Å²) in [5.74, 6) is -1.37. The van der Waals surface area contributed by atoms with Gasteiger partial charge in [-0.3, -0.25) is 9.59 Å². The number of benzene rings is 2. The summed E-state index contributed by atoms with van der Waals surface area (Å²) < 4.78 is 4.74. The molecule has 126 valence electrons. The maximum absolute atomic E-state index is 11.8. The number of carbonyl (C=O) groups excluding carboxylic acids is 1. The number of esters is 1. The number of ether oxygens (including phenoxy) is 1. The average molecular weight is 327 g/mol. The Labute approximate surface area is 141 Å². The highest BCUT2D eigenvalue weighted by molar-refractivity contribution is 5.74. The summed E-state index contributed by atoms with van der Waals surface area (Å²) in [6, 6.07) is 18.8. The molecule has 0 fully saturated rings. The molecule has 0 bridgehead atoms. The highest BCUT2D eigenvalue weighted by Gasteiger charge is 2.25. The van der Waals surface area contributed by atoms with Gasteiger partial charge in [0.05, 0.1) is 26.0 Å². The van der Waals surface area contributed by atoms with Crippen molar-refractivity contribution in [3.8, 4) is 0 Å². The number of hydrogen-bond acceptors (Lipinski definition) is 4. The fraction of sp³-hybridized carbons (Fsp3) is 0.263. The molecule has 2 rings (SSSR count). The lowest BCUT2D eigenvalue weighted by molar-refractivity contribution is -0.141. The van der Waals surface area contributed by atoms with Gasteiger partial charge in [-0.15, -0.1) is 0 Å². The molecule has 0 aromatic heterocycles. The fourth-order valence-electron chi connectivity index (χ4n) is 2.60. The van der Waals surface area contributed by atoms with Crippen molar-refractivity contribution in [3.63, 3.8) is 0 Å². The van der Waals surface area contributed by atoms with Crippen LogP contribution in [-0.4, -0.2) is 30.2 Å². The molecule has 5 heteroatoms. The van der Waals surface area contributed by atoms with E-state index in [4.69, 9.17) is 4.74 Å². The second-order valence-electron chi connectivity index (χ2n) is 5.48. The first-order valence-corrected chi connectivity index (χ1v) is 7.74. The van der Waals surface area contributed by atoms with Crippen LogP contribution in [-0.2, 0) is 20.9 Å². The third kappa shape index (κ3) is 5.12. The smallest absolute Gasteiger partial charge is 0.307 e. The minimum absolute atomic E-state index is 0.0184. The molecule has 5 nitrogen and oxygen atoms in total. The molecule has 1 atom stereocenters. The average Bonchev–Trinajstić information content (AvgIpc) is 2.60. The molecule has 24 heavy (non-hydrogen) atoms. The van der Waals surface area contributed by atoms with Crippen LogP contribution >= 0.6 is 0 Å². The van der Waals surface area contributed by atoms with Gasteiger partial charge < -0.3 is 14.7 Å². The van der Waals surface area contributed by atoms with Crippen molar-refractivity contribution < 1.29 is 19.4 Å². The lowest BCUT2D eigenvalue weighted by Crippen LogP contribution is -2.38.